The molecule has 0 aliphatic carbocycles. The minimum absolute atomic E-state index is 0.558. The van der Waals surface area contributed by atoms with Gasteiger partial charge in [-0.3, -0.25) is 0 Å². The summed E-state index contributed by atoms with van der Waals surface area (Å²) < 4.78 is 0.968. The molecule has 0 spiro atoms. The Labute approximate surface area is 116 Å². The third kappa shape index (κ3) is 3.05. The van der Waals surface area contributed by atoms with E-state index in [4.69, 9.17) is 5.73 Å². The van der Waals surface area contributed by atoms with Gasteiger partial charge in [0.1, 0.15) is 0 Å². The van der Waals surface area contributed by atoms with Gasteiger partial charge in [0.05, 0.1) is 5.69 Å². The minimum Gasteiger partial charge on any atom is -0.399 e. The number of benzene rings is 2. The highest BCUT2D eigenvalue weighted by Gasteiger charge is 2.02. The number of halogens is 1. The molecular formula is C15H17BrN2. The van der Waals surface area contributed by atoms with E-state index in [1.807, 2.05) is 18.2 Å². The molecule has 2 rings (SSSR count). The van der Waals surface area contributed by atoms with Gasteiger partial charge >= 0.3 is 0 Å². The first-order chi connectivity index (χ1) is 8.56. The van der Waals surface area contributed by atoms with E-state index in [0.29, 0.717) is 5.92 Å². The van der Waals surface area contributed by atoms with E-state index in [1.165, 1.54) is 5.56 Å². The molecule has 0 atom stereocenters. The van der Waals surface area contributed by atoms with Crippen LogP contribution in [0, 0.1) is 0 Å². The average molecular weight is 305 g/mol. The second-order valence-corrected chi connectivity index (χ2v) is 5.50. The fourth-order valence-electron chi connectivity index (χ4n) is 1.74. The number of nitrogens with two attached hydrogens (primary N) is 1. The third-order valence-corrected chi connectivity index (χ3v) is 3.51. The highest BCUT2D eigenvalue weighted by atomic mass is 79.9. The number of nitrogen functional groups attached to an aromatic ring is 1. The summed E-state index contributed by atoms with van der Waals surface area (Å²) in [6.45, 7) is 4.39. The van der Waals surface area contributed by atoms with Crippen LogP contribution in [0.25, 0.3) is 0 Å². The Bertz CT molecular complexity index is 533. The fourth-order valence-corrected chi connectivity index (χ4v) is 2.24. The third-order valence-electron chi connectivity index (χ3n) is 2.85. The smallest absolute Gasteiger partial charge is 0.0530 e. The van der Waals surface area contributed by atoms with Crippen LogP contribution in [0.2, 0.25) is 0 Å². The molecule has 0 bridgehead atoms. The van der Waals surface area contributed by atoms with Crippen molar-refractivity contribution in [2.24, 2.45) is 0 Å². The first-order valence-corrected chi connectivity index (χ1v) is 6.77. The lowest BCUT2D eigenvalue weighted by Gasteiger charge is -2.11. The Morgan fingerprint density at radius 3 is 2.28 bits per heavy atom. The molecule has 3 N–H and O–H groups in total. The number of nitrogens with one attached hydrogen (secondary N) is 1. The summed E-state index contributed by atoms with van der Waals surface area (Å²) in [5.41, 5.74) is 9.90. The second kappa shape index (κ2) is 5.44. The Kier molecular flexibility index (Phi) is 3.92. The van der Waals surface area contributed by atoms with E-state index in [0.717, 1.165) is 21.5 Å². The molecule has 0 aliphatic rings. The molecule has 18 heavy (non-hydrogen) atoms. The SMILES string of the molecule is CC(C)c1ccc(Nc2ccc(N)cc2Br)cc1. The maximum atomic E-state index is 5.72. The first-order valence-electron chi connectivity index (χ1n) is 5.98. The summed E-state index contributed by atoms with van der Waals surface area (Å²) in [6.07, 6.45) is 0. The molecule has 0 fully saturated rings. The maximum absolute atomic E-state index is 5.72. The summed E-state index contributed by atoms with van der Waals surface area (Å²) in [7, 11) is 0. The molecule has 0 unspecified atom stereocenters. The van der Waals surface area contributed by atoms with Gasteiger partial charge in [-0.05, 0) is 57.7 Å². The molecule has 2 aromatic rings. The Balaban J connectivity index is 2.18. The molecule has 0 aliphatic heterocycles. The fraction of sp³-hybridized carbons (Fsp3) is 0.200. The predicted octanol–water partition coefficient (Wildman–Crippen LogP) is 4.90. The van der Waals surface area contributed by atoms with Gasteiger partial charge in [-0.2, -0.15) is 0 Å². The van der Waals surface area contributed by atoms with Crippen molar-refractivity contribution in [2.45, 2.75) is 19.8 Å². The summed E-state index contributed by atoms with van der Waals surface area (Å²) >= 11 is 3.50. The molecule has 3 heteroatoms. The highest BCUT2D eigenvalue weighted by molar-refractivity contribution is 9.10. The van der Waals surface area contributed by atoms with Crippen LogP contribution in [0.3, 0.4) is 0 Å². The van der Waals surface area contributed by atoms with E-state index < -0.39 is 0 Å². The summed E-state index contributed by atoms with van der Waals surface area (Å²) in [5.74, 6) is 0.558. The van der Waals surface area contributed by atoms with Crippen LogP contribution in [-0.4, -0.2) is 0 Å². The van der Waals surface area contributed by atoms with Gasteiger partial charge < -0.3 is 11.1 Å². The molecular weight excluding hydrogens is 288 g/mol. The molecule has 0 saturated heterocycles. The number of anilines is 3. The molecule has 0 amide bonds. The second-order valence-electron chi connectivity index (χ2n) is 4.64. The Morgan fingerprint density at radius 2 is 1.72 bits per heavy atom. The largest absolute Gasteiger partial charge is 0.399 e. The van der Waals surface area contributed by atoms with Crippen LogP contribution in [0.5, 0.6) is 0 Å². The molecule has 94 valence electrons. The van der Waals surface area contributed by atoms with E-state index in [1.54, 1.807) is 0 Å². The van der Waals surface area contributed by atoms with Crippen LogP contribution >= 0.6 is 15.9 Å². The predicted molar refractivity (Wildman–Crippen MR) is 82.4 cm³/mol. The van der Waals surface area contributed by atoms with Gasteiger partial charge in [-0.1, -0.05) is 26.0 Å². The lowest BCUT2D eigenvalue weighted by atomic mass is 10.0. The van der Waals surface area contributed by atoms with Gasteiger partial charge in [0.2, 0.25) is 0 Å². The zero-order valence-corrected chi connectivity index (χ0v) is 12.2. The Hall–Kier alpha value is -1.48. The molecule has 2 nitrogen and oxygen atoms in total. The summed E-state index contributed by atoms with van der Waals surface area (Å²) in [4.78, 5) is 0. The first kappa shape index (κ1) is 13.0. The molecule has 0 saturated carbocycles. The standard InChI is InChI=1S/C15H17BrN2/c1-10(2)11-3-6-13(7-4-11)18-15-8-5-12(17)9-14(15)16/h3-10,18H,17H2,1-2H3. The van der Waals surface area contributed by atoms with E-state index in [-0.39, 0.29) is 0 Å². The molecule has 0 radical (unpaired) electrons. The van der Waals surface area contributed by atoms with Gasteiger partial charge in [0.15, 0.2) is 0 Å². The van der Waals surface area contributed by atoms with Gasteiger partial charge in [-0.15, -0.1) is 0 Å². The topological polar surface area (TPSA) is 38.0 Å². The quantitative estimate of drug-likeness (QED) is 0.792. The van der Waals surface area contributed by atoms with Crippen molar-refractivity contribution < 1.29 is 0 Å². The van der Waals surface area contributed by atoms with Gasteiger partial charge in [-0.25, -0.2) is 0 Å². The van der Waals surface area contributed by atoms with Crippen molar-refractivity contribution >= 4 is 33.0 Å². The lowest BCUT2D eigenvalue weighted by molar-refractivity contribution is 0.867. The van der Waals surface area contributed by atoms with Crippen LogP contribution in [0.1, 0.15) is 25.3 Å². The minimum atomic E-state index is 0.558. The van der Waals surface area contributed by atoms with Gasteiger partial charge in [0.25, 0.3) is 0 Å². The summed E-state index contributed by atoms with van der Waals surface area (Å²) in [5, 5.41) is 3.36. The van der Waals surface area contributed by atoms with Crippen molar-refractivity contribution in [1.29, 1.82) is 0 Å². The van der Waals surface area contributed by atoms with Crippen molar-refractivity contribution in [2.75, 3.05) is 11.1 Å². The van der Waals surface area contributed by atoms with Crippen molar-refractivity contribution in [3.8, 4) is 0 Å². The summed E-state index contributed by atoms with van der Waals surface area (Å²) in [6, 6.07) is 14.2. The molecule has 2 aromatic carbocycles. The van der Waals surface area contributed by atoms with Crippen LogP contribution in [-0.2, 0) is 0 Å². The zero-order chi connectivity index (χ0) is 13.1. The zero-order valence-electron chi connectivity index (χ0n) is 10.6. The highest BCUT2D eigenvalue weighted by Crippen LogP contribution is 2.28. The van der Waals surface area contributed by atoms with E-state index in [9.17, 15) is 0 Å². The number of rotatable bonds is 3. The van der Waals surface area contributed by atoms with Crippen LogP contribution in [0.4, 0.5) is 17.1 Å². The molecule has 0 aromatic heterocycles. The van der Waals surface area contributed by atoms with Crippen LogP contribution in [0.15, 0.2) is 46.9 Å². The van der Waals surface area contributed by atoms with Crippen molar-refractivity contribution in [3.05, 3.63) is 52.5 Å². The monoisotopic (exact) mass is 304 g/mol. The molecule has 0 heterocycles. The van der Waals surface area contributed by atoms with E-state index in [2.05, 4.69) is 59.4 Å². The van der Waals surface area contributed by atoms with Gasteiger partial charge in [0, 0.05) is 15.8 Å². The number of hydrogen-bond donors (Lipinski definition) is 2. The Morgan fingerprint density at radius 1 is 1.06 bits per heavy atom. The van der Waals surface area contributed by atoms with Crippen LogP contribution < -0.4 is 11.1 Å². The normalized spacial score (nSPS) is 10.7. The average Bonchev–Trinajstić information content (AvgIpc) is 2.33. The number of hydrogen-bond acceptors (Lipinski definition) is 2. The van der Waals surface area contributed by atoms with Crippen molar-refractivity contribution in [1.82, 2.24) is 0 Å². The maximum Gasteiger partial charge on any atom is 0.0530 e. The van der Waals surface area contributed by atoms with Crippen molar-refractivity contribution in [3.63, 3.8) is 0 Å². The van der Waals surface area contributed by atoms with E-state index >= 15 is 0 Å². The lowest BCUT2D eigenvalue weighted by Crippen LogP contribution is -1.94.